The molecule has 0 spiro atoms. The normalized spacial score (nSPS) is 14.9. The SMILES string of the molecule is CCCc1ccc2c(c1)/C(=C\CCN(C)C)c1ccccc1CO2. The molecule has 2 heteroatoms. The molecule has 0 radical (unpaired) electrons. The van der Waals surface area contributed by atoms with E-state index >= 15 is 0 Å². The molecule has 24 heavy (non-hydrogen) atoms. The zero-order chi connectivity index (χ0) is 16.9. The van der Waals surface area contributed by atoms with Gasteiger partial charge in [0.25, 0.3) is 0 Å². The lowest BCUT2D eigenvalue weighted by molar-refractivity contribution is 0.307. The summed E-state index contributed by atoms with van der Waals surface area (Å²) in [6.07, 6.45) is 5.69. The fourth-order valence-electron chi connectivity index (χ4n) is 3.25. The molecule has 2 nitrogen and oxygen atoms in total. The van der Waals surface area contributed by atoms with E-state index in [0.29, 0.717) is 6.61 Å². The highest BCUT2D eigenvalue weighted by molar-refractivity contribution is 5.85. The van der Waals surface area contributed by atoms with E-state index < -0.39 is 0 Å². The second kappa shape index (κ2) is 7.67. The van der Waals surface area contributed by atoms with Crippen LogP contribution in [-0.4, -0.2) is 25.5 Å². The van der Waals surface area contributed by atoms with Crippen LogP contribution in [0, 0.1) is 0 Å². The van der Waals surface area contributed by atoms with Crippen LogP contribution in [-0.2, 0) is 13.0 Å². The Morgan fingerprint density at radius 3 is 2.71 bits per heavy atom. The highest BCUT2D eigenvalue weighted by atomic mass is 16.5. The van der Waals surface area contributed by atoms with Crippen molar-refractivity contribution in [1.82, 2.24) is 4.90 Å². The minimum Gasteiger partial charge on any atom is -0.488 e. The molecular formula is C22H27NO. The van der Waals surface area contributed by atoms with Crippen LogP contribution in [0.25, 0.3) is 5.57 Å². The van der Waals surface area contributed by atoms with Gasteiger partial charge in [0.1, 0.15) is 12.4 Å². The van der Waals surface area contributed by atoms with Gasteiger partial charge in [-0.25, -0.2) is 0 Å². The Bertz CT molecular complexity index is 730. The molecule has 0 unspecified atom stereocenters. The summed E-state index contributed by atoms with van der Waals surface area (Å²) in [7, 11) is 4.24. The fourth-order valence-corrected chi connectivity index (χ4v) is 3.25. The monoisotopic (exact) mass is 321 g/mol. The third-order valence-electron chi connectivity index (χ3n) is 4.49. The van der Waals surface area contributed by atoms with Crippen molar-refractivity contribution in [3.05, 3.63) is 70.8 Å². The molecule has 1 aliphatic heterocycles. The molecule has 0 amide bonds. The summed E-state index contributed by atoms with van der Waals surface area (Å²) in [6.45, 7) is 3.92. The van der Waals surface area contributed by atoms with Crippen molar-refractivity contribution in [2.75, 3.05) is 20.6 Å². The van der Waals surface area contributed by atoms with E-state index in [4.69, 9.17) is 4.74 Å². The predicted octanol–water partition coefficient (Wildman–Crippen LogP) is 4.91. The van der Waals surface area contributed by atoms with Crippen LogP contribution >= 0.6 is 0 Å². The summed E-state index contributed by atoms with van der Waals surface area (Å²) in [5, 5.41) is 0. The molecule has 0 bridgehead atoms. The van der Waals surface area contributed by atoms with E-state index in [1.54, 1.807) is 0 Å². The Hall–Kier alpha value is -2.06. The van der Waals surface area contributed by atoms with Crippen molar-refractivity contribution >= 4 is 5.57 Å². The van der Waals surface area contributed by atoms with E-state index in [-0.39, 0.29) is 0 Å². The van der Waals surface area contributed by atoms with Gasteiger partial charge in [0.05, 0.1) is 0 Å². The third kappa shape index (κ3) is 3.70. The molecular weight excluding hydrogens is 294 g/mol. The van der Waals surface area contributed by atoms with Crippen molar-refractivity contribution in [1.29, 1.82) is 0 Å². The molecule has 1 aliphatic rings. The van der Waals surface area contributed by atoms with Crippen LogP contribution < -0.4 is 4.74 Å². The fraction of sp³-hybridized carbons (Fsp3) is 0.364. The Balaban J connectivity index is 2.07. The van der Waals surface area contributed by atoms with Gasteiger partial charge in [0.2, 0.25) is 0 Å². The minimum absolute atomic E-state index is 0.640. The topological polar surface area (TPSA) is 12.5 Å². The van der Waals surface area contributed by atoms with E-state index in [1.165, 1.54) is 27.8 Å². The van der Waals surface area contributed by atoms with Crippen LogP contribution in [0.2, 0.25) is 0 Å². The number of hydrogen-bond donors (Lipinski definition) is 0. The maximum Gasteiger partial charge on any atom is 0.127 e. The summed E-state index contributed by atoms with van der Waals surface area (Å²) < 4.78 is 6.11. The maximum absolute atomic E-state index is 6.11. The summed E-state index contributed by atoms with van der Waals surface area (Å²) in [5.74, 6) is 1.00. The zero-order valence-corrected chi connectivity index (χ0v) is 15.0. The van der Waals surface area contributed by atoms with Crippen LogP contribution in [0.3, 0.4) is 0 Å². The summed E-state index contributed by atoms with van der Waals surface area (Å²) >= 11 is 0. The van der Waals surface area contributed by atoms with Gasteiger partial charge >= 0.3 is 0 Å². The molecule has 0 fully saturated rings. The molecule has 0 saturated heterocycles. The van der Waals surface area contributed by atoms with Gasteiger partial charge in [-0.05, 0) is 61.3 Å². The molecule has 2 aromatic carbocycles. The van der Waals surface area contributed by atoms with Gasteiger partial charge in [-0.2, -0.15) is 0 Å². The number of hydrogen-bond acceptors (Lipinski definition) is 2. The van der Waals surface area contributed by atoms with Crippen molar-refractivity contribution in [2.45, 2.75) is 32.8 Å². The van der Waals surface area contributed by atoms with E-state index in [1.807, 2.05) is 0 Å². The van der Waals surface area contributed by atoms with E-state index in [2.05, 4.69) is 74.5 Å². The molecule has 3 rings (SSSR count). The molecule has 0 saturated carbocycles. The molecule has 2 aromatic rings. The summed E-state index contributed by atoms with van der Waals surface area (Å²) in [4.78, 5) is 2.23. The number of aryl methyl sites for hydroxylation is 1. The van der Waals surface area contributed by atoms with Crippen molar-refractivity contribution < 1.29 is 4.74 Å². The Morgan fingerprint density at radius 2 is 1.92 bits per heavy atom. The van der Waals surface area contributed by atoms with Gasteiger partial charge in [0, 0.05) is 12.1 Å². The second-order valence-electron chi connectivity index (χ2n) is 6.74. The first-order valence-electron chi connectivity index (χ1n) is 8.88. The smallest absolute Gasteiger partial charge is 0.127 e. The van der Waals surface area contributed by atoms with Gasteiger partial charge in [-0.3, -0.25) is 0 Å². The molecule has 0 N–H and O–H groups in total. The number of rotatable bonds is 5. The molecule has 1 heterocycles. The van der Waals surface area contributed by atoms with Crippen LogP contribution in [0.15, 0.2) is 48.5 Å². The summed E-state index contributed by atoms with van der Waals surface area (Å²) in [5.41, 5.74) is 6.52. The Labute approximate surface area is 145 Å². The first-order valence-corrected chi connectivity index (χ1v) is 8.88. The van der Waals surface area contributed by atoms with Gasteiger partial charge < -0.3 is 9.64 Å². The van der Waals surface area contributed by atoms with Crippen molar-refractivity contribution in [3.8, 4) is 5.75 Å². The number of ether oxygens (including phenoxy) is 1. The number of nitrogens with zero attached hydrogens (tertiary/aromatic N) is 1. The summed E-state index contributed by atoms with van der Waals surface area (Å²) in [6, 6.07) is 15.3. The lowest BCUT2D eigenvalue weighted by Crippen LogP contribution is -2.12. The maximum atomic E-state index is 6.11. The average Bonchev–Trinajstić information content (AvgIpc) is 2.72. The quantitative estimate of drug-likeness (QED) is 0.775. The Kier molecular flexibility index (Phi) is 5.37. The highest BCUT2D eigenvalue weighted by Crippen LogP contribution is 2.37. The predicted molar refractivity (Wildman–Crippen MR) is 101 cm³/mol. The molecule has 0 aliphatic carbocycles. The van der Waals surface area contributed by atoms with Crippen molar-refractivity contribution in [2.24, 2.45) is 0 Å². The molecule has 0 aromatic heterocycles. The average molecular weight is 321 g/mol. The van der Waals surface area contributed by atoms with Gasteiger partial charge in [-0.1, -0.05) is 49.8 Å². The second-order valence-corrected chi connectivity index (χ2v) is 6.74. The zero-order valence-electron chi connectivity index (χ0n) is 15.0. The number of benzene rings is 2. The van der Waals surface area contributed by atoms with E-state index in [9.17, 15) is 0 Å². The molecule has 0 atom stereocenters. The highest BCUT2D eigenvalue weighted by Gasteiger charge is 2.19. The first kappa shape index (κ1) is 16.8. The standard InChI is InChI=1S/C22H27NO/c1-4-8-17-12-13-22-21(15-17)20(11-7-14-23(2)3)19-10-6-5-9-18(19)16-24-22/h5-6,9-13,15H,4,7-8,14,16H2,1-3H3/b20-11-. The third-order valence-corrected chi connectivity index (χ3v) is 4.49. The van der Waals surface area contributed by atoms with Crippen LogP contribution in [0.1, 0.15) is 42.0 Å². The van der Waals surface area contributed by atoms with Gasteiger partial charge in [0.15, 0.2) is 0 Å². The van der Waals surface area contributed by atoms with Gasteiger partial charge in [-0.15, -0.1) is 0 Å². The van der Waals surface area contributed by atoms with E-state index in [0.717, 1.165) is 31.6 Å². The Morgan fingerprint density at radius 1 is 1.08 bits per heavy atom. The lowest BCUT2D eigenvalue weighted by atomic mass is 9.92. The lowest BCUT2D eigenvalue weighted by Gasteiger charge is -2.13. The van der Waals surface area contributed by atoms with Crippen LogP contribution in [0.5, 0.6) is 5.75 Å². The molecule has 126 valence electrons. The largest absolute Gasteiger partial charge is 0.488 e. The van der Waals surface area contributed by atoms with Crippen molar-refractivity contribution in [3.63, 3.8) is 0 Å². The number of fused-ring (bicyclic) bond motifs is 2. The first-order chi connectivity index (χ1) is 11.7. The minimum atomic E-state index is 0.640. The van der Waals surface area contributed by atoms with Crippen LogP contribution in [0.4, 0.5) is 0 Å².